The second-order valence-corrected chi connectivity index (χ2v) is 5.28. The van der Waals surface area contributed by atoms with Gasteiger partial charge in [-0.3, -0.25) is 4.79 Å². The molecule has 0 atom stereocenters. The van der Waals surface area contributed by atoms with Crippen LogP contribution < -0.4 is 11.5 Å². The van der Waals surface area contributed by atoms with E-state index in [-0.39, 0.29) is 22.9 Å². The number of nitrogen functional groups attached to an aromatic ring is 1. The van der Waals surface area contributed by atoms with E-state index in [9.17, 15) is 4.79 Å². The molecule has 0 saturated heterocycles. The van der Waals surface area contributed by atoms with Crippen molar-refractivity contribution in [2.45, 2.75) is 0 Å². The van der Waals surface area contributed by atoms with Gasteiger partial charge in [0.25, 0.3) is 0 Å². The van der Waals surface area contributed by atoms with E-state index in [0.29, 0.717) is 8.96 Å². The summed E-state index contributed by atoms with van der Waals surface area (Å²) < 4.78 is 1.35. The fourth-order valence-electron chi connectivity index (χ4n) is 1.12. The third-order valence-electron chi connectivity index (χ3n) is 1.94. The summed E-state index contributed by atoms with van der Waals surface area (Å²) in [5, 5.41) is 0. The molecule has 1 heterocycles. The van der Waals surface area contributed by atoms with Crippen LogP contribution in [0.15, 0.2) is 51.7 Å². The van der Waals surface area contributed by atoms with Gasteiger partial charge in [-0.05, 0) is 34.1 Å². The summed E-state index contributed by atoms with van der Waals surface area (Å²) >= 11 is 6.38. The number of anilines is 1. The monoisotopic (exact) mass is 371 g/mol. The van der Waals surface area contributed by atoms with Gasteiger partial charge in [0.05, 0.1) is 11.3 Å². The van der Waals surface area contributed by atoms with Crippen molar-refractivity contribution in [1.29, 1.82) is 0 Å². The molecule has 94 valence electrons. The number of carbonyl (C=O) groups is 1. The van der Waals surface area contributed by atoms with Crippen molar-refractivity contribution in [3.8, 4) is 0 Å². The zero-order valence-corrected chi connectivity index (χ0v) is 12.5. The van der Waals surface area contributed by atoms with Crippen molar-refractivity contribution in [3.63, 3.8) is 0 Å². The van der Waals surface area contributed by atoms with Gasteiger partial charge < -0.3 is 11.5 Å². The molecule has 0 bridgehead atoms. The second-order valence-electron chi connectivity index (χ2n) is 3.34. The van der Waals surface area contributed by atoms with Crippen LogP contribution in [0.25, 0.3) is 0 Å². The first-order valence-corrected chi connectivity index (χ1v) is 6.44. The van der Waals surface area contributed by atoms with Crippen LogP contribution in [0.4, 0.5) is 5.82 Å². The molecule has 0 aliphatic heterocycles. The number of hydrogen-bond donors (Lipinski definition) is 2. The number of nitrogens with zero attached hydrogens (tertiary/aromatic N) is 1. The lowest BCUT2D eigenvalue weighted by molar-refractivity contribution is 0.103. The Morgan fingerprint density at radius 2 is 2.17 bits per heavy atom. The fourth-order valence-corrected chi connectivity index (χ4v) is 1.60. The zero-order chi connectivity index (χ0) is 13.7. The summed E-state index contributed by atoms with van der Waals surface area (Å²) in [7, 11) is 0. The highest BCUT2D eigenvalue weighted by Gasteiger charge is 2.13. The van der Waals surface area contributed by atoms with Crippen LogP contribution in [0.2, 0.25) is 0 Å². The van der Waals surface area contributed by atoms with Crippen molar-refractivity contribution in [1.82, 2.24) is 4.98 Å². The molecule has 0 radical (unpaired) electrons. The van der Waals surface area contributed by atoms with Crippen LogP contribution in [0.3, 0.4) is 0 Å². The molecule has 0 aromatic carbocycles. The molecule has 4 N–H and O–H groups in total. The minimum atomic E-state index is -0.369. The highest BCUT2D eigenvalue weighted by Crippen LogP contribution is 2.17. The van der Waals surface area contributed by atoms with Gasteiger partial charge in [0.2, 0.25) is 5.78 Å². The topological polar surface area (TPSA) is 82.0 Å². The van der Waals surface area contributed by atoms with Gasteiger partial charge in [0, 0.05) is 15.2 Å². The average Bonchev–Trinajstić information content (AvgIpc) is 2.30. The molecule has 18 heavy (non-hydrogen) atoms. The summed E-state index contributed by atoms with van der Waals surface area (Å²) in [4.78, 5) is 15.9. The first kappa shape index (κ1) is 14.7. The smallest absolute Gasteiger partial charge is 0.212 e. The summed E-state index contributed by atoms with van der Waals surface area (Å²) in [6.45, 7) is 3.62. The molecule has 0 amide bonds. The molecule has 0 aliphatic carbocycles. The lowest BCUT2D eigenvalue weighted by atomic mass is 10.1. The highest BCUT2D eigenvalue weighted by molar-refractivity contribution is 9.11. The van der Waals surface area contributed by atoms with E-state index in [1.54, 1.807) is 18.2 Å². The Bertz CT molecular complexity index is 550. The number of allylic oxidation sites excluding steroid dienone is 5. The molecule has 6 heteroatoms. The van der Waals surface area contributed by atoms with E-state index in [0.717, 1.165) is 0 Å². The Morgan fingerprint density at radius 3 is 2.78 bits per heavy atom. The Labute approximate surface area is 122 Å². The Kier molecular flexibility index (Phi) is 5.30. The zero-order valence-electron chi connectivity index (χ0n) is 9.36. The van der Waals surface area contributed by atoms with E-state index in [2.05, 4.69) is 43.4 Å². The van der Waals surface area contributed by atoms with Crippen LogP contribution in [0, 0.1) is 0 Å². The molecule has 0 spiro atoms. The Hall–Kier alpha value is -1.40. The molecule has 1 aromatic rings. The quantitative estimate of drug-likeness (QED) is 0.483. The van der Waals surface area contributed by atoms with Crippen molar-refractivity contribution in [3.05, 3.63) is 57.3 Å². The normalized spacial score (nSPS) is 11.8. The minimum Gasteiger partial charge on any atom is -0.396 e. The van der Waals surface area contributed by atoms with Gasteiger partial charge in [0.1, 0.15) is 5.82 Å². The highest BCUT2D eigenvalue weighted by atomic mass is 79.9. The summed E-state index contributed by atoms with van der Waals surface area (Å²) in [6.07, 6.45) is 6.28. The molecule has 0 unspecified atom stereocenters. The number of hydrogen-bond acceptors (Lipinski definition) is 4. The number of rotatable bonds is 4. The Morgan fingerprint density at radius 1 is 1.50 bits per heavy atom. The van der Waals surface area contributed by atoms with E-state index >= 15 is 0 Å². The number of carbonyl (C=O) groups excluding carboxylic acids is 1. The molecule has 1 rings (SSSR count). The number of aromatic nitrogens is 1. The predicted octanol–water partition coefficient (Wildman–Crippen LogP) is 2.92. The van der Waals surface area contributed by atoms with Gasteiger partial charge in [-0.25, -0.2) is 4.98 Å². The van der Waals surface area contributed by atoms with Crippen LogP contribution in [0.1, 0.15) is 10.4 Å². The van der Waals surface area contributed by atoms with E-state index in [1.807, 2.05) is 0 Å². The molecular weight excluding hydrogens is 362 g/mol. The molecule has 0 fully saturated rings. The lowest BCUT2D eigenvalue weighted by Gasteiger charge is -2.04. The maximum Gasteiger partial charge on any atom is 0.212 e. The van der Waals surface area contributed by atoms with E-state index in [4.69, 9.17) is 11.5 Å². The predicted molar refractivity (Wildman–Crippen MR) is 80.2 cm³/mol. The summed E-state index contributed by atoms with van der Waals surface area (Å²) in [5.41, 5.74) is 11.6. The first-order valence-electron chi connectivity index (χ1n) is 4.85. The number of nitrogens with two attached hydrogens (primary N) is 2. The maximum absolute atomic E-state index is 12.0. The lowest BCUT2D eigenvalue weighted by Crippen LogP contribution is -2.14. The van der Waals surface area contributed by atoms with E-state index < -0.39 is 0 Å². The molecule has 0 saturated carbocycles. The van der Waals surface area contributed by atoms with Gasteiger partial charge in [-0.15, -0.1) is 0 Å². The van der Waals surface area contributed by atoms with Crippen molar-refractivity contribution in [2.75, 3.05) is 5.73 Å². The van der Waals surface area contributed by atoms with Crippen LogP contribution in [-0.4, -0.2) is 10.8 Å². The van der Waals surface area contributed by atoms with Crippen LogP contribution in [-0.2, 0) is 0 Å². The average molecular weight is 373 g/mol. The number of Topliss-reactive ketones (excluding diaryl/α,β-unsaturated/α-hetero) is 1. The van der Waals surface area contributed by atoms with Gasteiger partial charge in [-0.1, -0.05) is 28.6 Å². The van der Waals surface area contributed by atoms with E-state index in [1.165, 1.54) is 12.3 Å². The van der Waals surface area contributed by atoms with Crippen molar-refractivity contribution >= 4 is 43.5 Å². The van der Waals surface area contributed by atoms with Crippen LogP contribution >= 0.6 is 31.9 Å². The van der Waals surface area contributed by atoms with Crippen molar-refractivity contribution < 1.29 is 4.79 Å². The molecule has 1 aromatic heterocycles. The summed E-state index contributed by atoms with van der Waals surface area (Å²) in [6, 6.07) is 1.58. The summed E-state index contributed by atoms with van der Waals surface area (Å²) in [5.74, 6) is -0.223. The Balaban J connectivity index is 3.00. The molecule has 4 nitrogen and oxygen atoms in total. The number of halogens is 2. The molecule has 0 aliphatic rings. The third kappa shape index (κ3) is 4.12. The number of pyridine rings is 1. The molecular formula is C12H11Br2N3O. The van der Waals surface area contributed by atoms with Gasteiger partial charge in [0.15, 0.2) is 0 Å². The fraction of sp³-hybridized carbons (Fsp3) is 0. The van der Waals surface area contributed by atoms with Crippen LogP contribution in [0.5, 0.6) is 0 Å². The van der Waals surface area contributed by atoms with Crippen molar-refractivity contribution in [2.24, 2.45) is 5.73 Å². The second kappa shape index (κ2) is 6.51. The minimum absolute atomic E-state index is 0.0756. The SMILES string of the molecule is C=C(Br)/C=C\C=C(/N)C(=O)c1cc(Br)cnc1N. The van der Waals surface area contributed by atoms with Gasteiger partial charge >= 0.3 is 0 Å². The van der Waals surface area contributed by atoms with Gasteiger partial charge in [-0.2, -0.15) is 0 Å². The first-order chi connectivity index (χ1) is 8.41. The number of ketones is 1. The standard InChI is InChI=1S/C12H11Br2N3O/c1-7(13)3-2-4-10(15)11(18)9-5-8(14)6-17-12(9)16/h2-6H,1,15H2,(H2,16,17)/b3-2-,10-4-. The largest absolute Gasteiger partial charge is 0.396 e. The third-order valence-corrected chi connectivity index (χ3v) is 2.64. The maximum atomic E-state index is 12.0.